The third-order valence-corrected chi connectivity index (χ3v) is 5.67. The van der Waals surface area contributed by atoms with Gasteiger partial charge in [-0.05, 0) is 37.2 Å². The lowest BCUT2D eigenvalue weighted by Gasteiger charge is -2.27. The van der Waals surface area contributed by atoms with Crippen LogP contribution in [0, 0.1) is 5.92 Å². The summed E-state index contributed by atoms with van der Waals surface area (Å²) in [4.78, 5) is 26.9. The van der Waals surface area contributed by atoms with E-state index < -0.39 is 0 Å². The molecule has 4 rings (SSSR count). The summed E-state index contributed by atoms with van der Waals surface area (Å²) in [6.45, 7) is 1.90. The second-order valence-corrected chi connectivity index (χ2v) is 7.71. The van der Waals surface area contributed by atoms with Gasteiger partial charge in [0.1, 0.15) is 5.82 Å². The summed E-state index contributed by atoms with van der Waals surface area (Å²) < 4.78 is 3.45. The molecule has 2 heterocycles. The first-order chi connectivity index (χ1) is 13.1. The molecular weight excluding hydrogens is 342 g/mol. The number of rotatable bonds is 5. The van der Waals surface area contributed by atoms with E-state index in [1.54, 1.807) is 14.1 Å². The van der Waals surface area contributed by atoms with Gasteiger partial charge in [-0.25, -0.2) is 14.3 Å². The topological polar surface area (TPSA) is 72.2 Å². The number of urea groups is 1. The fourth-order valence-electron chi connectivity index (χ4n) is 3.73. The number of nitrogens with zero attached hydrogens (tertiary/aromatic N) is 4. The van der Waals surface area contributed by atoms with Gasteiger partial charge < -0.3 is 10.2 Å². The van der Waals surface area contributed by atoms with E-state index in [1.165, 1.54) is 12.8 Å². The van der Waals surface area contributed by atoms with E-state index in [4.69, 9.17) is 0 Å². The standard InChI is InChI=1S/C20H27N5O2/c1-23(19(26)21-13-15-5-3-2-4-6-15)17-9-10-18-22-25(14-16-7-8-16)20(27)24(18)12-11-17/h2-6,16-17H,7-14H2,1H3,(H,21,26). The largest absolute Gasteiger partial charge is 0.345 e. The molecule has 1 aromatic heterocycles. The van der Waals surface area contributed by atoms with E-state index in [0.29, 0.717) is 19.0 Å². The highest BCUT2D eigenvalue weighted by molar-refractivity contribution is 5.74. The highest BCUT2D eigenvalue weighted by atomic mass is 16.2. The molecule has 1 aliphatic heterocycles. The number of carbonyl (C=O) groups is 1. The third kappa shape index (κ3) is 4.07. The van der Waals surface area contributed by atoms with Gasteiger partial charge in [0.25, 0.3) is 0 Å². The average Bonchev–Trinajstić information content (AvgIpc) is 3.48. The molecule has 27 heavy (non-hydrogen) atoms. The van der Waals surface area contributed by atoms with Gasteiger partial charge in [-0.3, -0.25) is 4.57 Å². The molecule has 0 saturated heterocycles. The van der Waals surface area contributed by atoms with Crippen LogP contribution in [0.2, 0.25) is 0 Å². The number of hydrogen-bond donors (Lipinski definition) is 1. The first-order valence-electron chi connectivity index (χ1n) is 9.83. The van der Waals surface area contributed by atoms with Gasteiger partial charge in [-0.2, -0.15) is 5.10 Å². The summed E-state index contributed by atoms with van der Waals surface area (Å²) in [5.74, 6) is 1.50. The van der Waals surface area contributed by atoms with Crippen molar-refractivity contribution in [2.45, 2.75) is 57.8 Å². The molecule has 144 valence electrons. The summed E-state index contributed by atoms with van der Waals surface area (Å²) in [6.07, 6.45) is 4.75. The number of nitrogens with one attached hydrogen (secondary N) is 1. The molecule has 7 nitrogen and oxygen atoms in total. The number of amides is 2. The Balaban J connectivity index is 1.34. The molecule has 1 N–H and O–H groups in total. The molecular formula is C20H27N5O2. The SMILES string of the molecule is CN(C(=O)NCc1ccccc1)C1CCc2nn(CC3CC3)c(=O)n2CC1. The predicted molar refractivity (Wildman–Crippen MR) is 102 cm³/mol. The first kappa shape index (κ1) is 17.8. The van der Waals surface area contributed by atoms with Crippen molar-refractivity contribution in [3.05, 3.63) is 52.2 Å². The van der Waals surface area contributed by atoms with E-state index >= 15 is 0 Å². The molecule has 1 atom stereocenters. The van der Waals surface area contributed by atoms with Crippen LogP contribution in [-0.2, 0) is 26.1 Å². The van der Waals surface area contributed by atoms with E-state index in [9.17, 15) is 9.59 Å². The van der Waals surface area contributed by atoms with Crippen LogP contribution in [0.5, 0.6) is 0 Å². The molecule has 2 amide bonds. The zero-order valence-electron chi connectivity index (χ0n) is 15.8. The van der Waals surface area contributed by atoms with Crippen LogP contribution in [0.1, 0.15) is 37.1 Å². The van der Waals surface area contributed by atoms with Gasteiger partial charge in [0.05, 0.1) is 0 Å². The third-order valence-electron chi connectivity index (χ3n) is 5.67. The maximum Gasteiger partial charge on any atom is 0.345 e. The van der Waals surface area contributed by atoms with Crippen molar-refractivity contribution >= 4 is 6.03 Å². The van der Waals surface area contributed by atoms with Crippen LogP contribution in [0.4, 0.5) is 4.79 Å². The quantitative estimate of drug-likeness (QED) is 0.876. The highest BCUT2D eigenvalue weighted by Crippen LogP contribution is 2.30. The molecule has 1 saturated carbocycles. The molecule has 0 bridgehead atoms. The zero-order valence-corrected chi connectivity index (χ0v) is 15.8. The Kier molecular flexibility index (Phi) is 5.01. The second kappa shape index (κ2) is 7.58. The Labute approximate surface area is 159 Å². The molecule has 2 aliphatic rings. The van der Waals surface area contributed by atoms with Crippen molar-refractivity contribution in [1.29, 1.82) is 0 Å². The summed E-state index contributed by atoms with van der Waals surface area (Å²) in [5, 5.41) is 7.53. The fraction of sp³-hybridized carbons (Fsp3) is 0.550. The Hall–Kier alpha value is -2.57. The molecule has 0 radical (unpaired) electrons. The Morgan fingerprint density at radius 2 is 2.00 bits per heavy atom. The normalized spacial score (nSPS) is 19.2. The van der Waals surface area contributed by atoms with Crippen molar-refractivity contribution in [3.8, 4) is 0 Å². The summed E-state index contributed by atoms with van der Waals surface area (Å²) in [7, 11) is 1.84. The number of fused-ring (bicyclic) bond motifs is 1. The van der Waals surface area contributed by atoms with Crippen molar-refractivity contribution in [3.63, 3.8) is 0 Å². The van der Waals surface area contributed by atoms with Crippen LogP contribution < -0.4 is 11.0 Å². The van der Waals surface area contributed by atoms with Crippen LogP contribution >= 0.6 is 0 Å². The van der Waals surface area contributed by atoms with E-state index in [1.807, 2.05) is 37.4 Å². The Morgan fingerprint density at radius 1 is 1.22 bits per heavy atom. The van der Waals surface area contributed by atoms with Gasteiger partial charge >= 0.3 is 11.7 Å². The number of aromatic nitrogens is 3. The van der Waals surface area contributed by atoms with Crippen LogP contribution in [0.3, 0.4) is 0 Å². The van der Waals surface area contributed by atoms with Crippen molar-refractivity contribution in [2.75, 3.05) is 7.05 Å². The number of aryl methyl sites for hydroxylation is 1. The molecule has 1 unspecified atom stereocenters. The van der Waals surface area contributed by atoms with Crippen LogP contribution in [0.25, 0.3) is 0 Å². The van der Waals surface area contributed by atoms with Crippen molar-refractivity contribution < 1.29 is 4.79 Å². The minimum Gasteiger partial charge on any atom is -0.334 e. The van der Waals surface area contributed by atoms with E-state index in [-0.39, 0.29) is 17.8 Å². The van der Waals surface area contributed by atoms with E-state index in [2.05, 4.69) is 10.4 Å². The van der Waals surface area contributed by atoms with Gasteiger partial charge in [-0.15, -0.1) is 0 Å². The van der Waals surface area contributed by atoms with Gasteiger partial charge in [0.2, 0.25) is 0 Å². The Morgan fingerprint density at radius 3 is 2.74 bits per heavy atom. The molecule has 7 heteroatoms. The predicted octanol–water partition coefficient (Wildman–Crippen LogP) is 2.00. The minimum absolute atomic E-state index is 0.00809. The number of hydrogen-bond acceptors (Lipinski definition) is 3. The maximum atomic E-state index is 12.6. The minimum atomic E-state index is -0.0745. The summed E-state index contributed by atoms with van der Waals surface area (Å²) >= 11 is 0. The lowest BCUT2D eigenvalue weighted by atomic mass is 10.1. The maximum absolute atomic E-state index is 12.6. The fourth-order valence-corrected chi connectivity index (χ4v) is 3.73. The van der Waals surface area contributed by atoms with E-state index in [0.717, 1.165) is 37.2 Å². The highest BCUT2D eigenvalue weighted by Gasteiger charge is 2.28. The molecule has 1 fully saturated rings. The van der Waals surface area contributed by atoms with Gasteiger partial charge in [-0.1, -0.05) is 30.3 Å². The van der Waals surface area contributed by atoms with Crippen LogP contribution in [0.15, 0.2) is 35.1 Å². The molecule has 1 aromatic carbocycles. The summed E-state index contributed by atoms with van der Waals surface area (Å²) in [6, 6.07) is 9.93. The number of benzene rings is 1. The summed E-state index contributed by atoms with van der Waals surface area (Å²) in [5.41, 5.74) is 1.09. The Bertz CT molecular complexity index is 853. The van der Waals surface area contributed by atoms with Crippen molar-refractivity contribution in [2.24, 2.45) is 5.92 Å². The number of carbonyl (C=O) groups excluding carboxylic acids is 1. The van der Waals surface area contributed by atoms with Crippen molar-refractivity contribution in [1.82, 2.24) is 24.6 Å². The van der Waals surface area contributed by atoms with Gasteiger partial charge in [0.15, 0.2) is 0 Å². The zero-order chi connectivity index (χ0) is 18.8. The molecule has 2 aromatic rings. The first-order valence-corrected chi connectivity index (χ1v) is 9.83. The second-order valence-electron chi connectivity index (χ2n) is 7.71. The van der Waals surface area contributed by atoms with Crippen LogP contribution in [-0.4, -0.2) is 38.4 Å². The molecule has 1 aliphatic carbocycles. The lowest BCUT2D eigenvalue weighted by molar-refractivity contribution is 0.182. The van der Waals surface area contributed by atoms with Gasteiger partial charge in [0, 0.05) is 39.1 Å². The smallest absolute Gasteiger partial charge is 0.334 e. The molecule has 0 spiro atoms. The average molecular weight is 369 g/mol. The lowest BCUT2D eigenvalue weighted by Crippen LogP contribution is -2.43. The monoisotopic (exact) mass is 369 g/mol.